The van der Waals surface area contributed by atoms with E-state index < -0.39 is 0 Å². The zero-order valence-corrected chi connectivity index (χ0v) is 14.0. The lowest BCUT2D eigenvalue weighted by molar-refractivity contribution is 0.0359. The van der Waals surface area contributed by atoms with E-state index in [4.69, 9.17) is 4.74 Å². The van der Waals surface area contributed by atoms with Crippen LogP contribution in [0.25, 0.3) is 10.9 Å². The van der Waals surface area contributed by atoms with Gasteiger partial charge in [0.05, 0.1) is 16.4 Å². The van der Waals surface area contributed by atoms with E-state index in [2.05, 4.69) is 4.98 Å². The molecule has 1 atom stereocenters. The summed E-state index contributed by atoms with van der Waals surface area (Å²) in [6.45, 7) is 4.49. The third-order valence-corrected chi connectivity index (χ3v) is 6.25. The molecule has 5 heteroatoms. The van der Waals surface area contributed by atoms with Crippen LogP contribution >= 0.6 is 11.8 Å². The Balaban J connectivity index is 1.44. The largest absolute Gasteiger partial charge is 0.378 e. The fraction of sp³-hybridized carbons (Fsp3) is 0.444. The molecular weight excluding hydrogens is 308 g/mol. The van der Waals surface area contributed by atoms with Gasteiger partial charge in [0.25, 0.3) is 5.91 Å². The Labute approximate surface area is 140 Å². The summed E-state index contributed by atoms with van der Waals surface area (Å²) in [6.07, 6.45) is 3.19. The molecule has 0 radical (unpaired) electrons. The van der Waals surface area contributed by atoms with Gasteiger partial charge in [0, 0.05) is 42.6 Å². The van der Waals surface area contributed by atoms with E-state index in [1.807, 2.05) is 53.9 Å². The Morgan fingerprint density at radius 3 is 3.13 bits per heavy atom. The molecule has 3 heterocycles. The molecule has 4 rings (SSSR count). The van der Waals surface area contributed by atoms with Crippen LogP contribution in [0.3, 0.4) is 0 Å². The Kier molecular flexibility index (Phi) is 3.77. The van der Waals surface area contributed by atoms with Gasteiger partial charge in [-0.05, 0) is 37.6 Å². The first kappa shape index (κ1) is 15.0. The number of nitrogens with zero attached hydrogens (tertiary/aromatic N) is 2. The Morgan fingerprint density at radius 1 is 1.43 bits per heavy atom. The minimum atomic E-state index is 0.127. The van der Waals surface area contributed by atoms with Crippen molar-refractivity contribution in [2.45, 2.75) is 24.2 Å². The minimum absolute atomic E-state index is 0.127. The van der Waals surface area contributed by atoms with Crippen molar-refractivity contribution in [2.24, 2.45) is 0 Å². The van der Waals surface area contributed by atoms with Crippen LogP contribution in [-0.4, -0.2) is 52.1 Å². The number of hydrogen-bond donors (Lipinski definition) is 0. The van der Waals surface area contributed by atoms with Gasteiger partial charge in [-0.3, -0.25) is 9.78 Å². The summed E-state index contributed by atoms with van der Waals surface area (Å²) in [7, 11) is 0. The van der Waals surface area contributed by atoms with Crippen LogP contribution in [0.4, 0.5) is 0 Å². The van der Waals surface area contributed by atoms with E-state index in [-0.39, 0.29) is 10.7 Å². The minimum Gasteiger partial charge on any atom is -0.378 e. The fourth-order valence-corrected chi connectivity index (χ4v) is 5.10. The molecule has 23 heavy (non-hydrogen) atoms. The maximum Gasteiger partial charge on any atom is 0.253 e. The smallest absolute Gasteiger partial charge is 0.253 e. The van der Waals surface area contributed by atoms with E-state index in [1.165, 1.54) is 0 Å². The van der Waals surface area contributed by atoms with Crippen molar-refractivity contribution in [3.8, 4) is 0 Å². The molecule has 120 valence electrons. The number of pyridine rings is 1. The van der Waals surface area contributed by atoms with E-state index >= 15 is 0 Å². The molecular formula is C18H20N2O2S. The summed E-state index contributed by atoms with van der Waals surface area (Å²) in [5, 5.41) is 1.01. The molecule has 0 aliphatic carbocycles. The van der Waals surface area contributed by atoms with Crippen molar-refractivity contribution in [3.63, 3.8) is 0 Å². The highest BCUT2D eigenvalue weighted by Crippen LogP contribution is 2.46. The van der Waals surface area contributed by atoms with Crippen LogP contribution < -0.4 is 0 Å². The highest BCUT2D eigenvalue weighted by atomic mass is 32.2. The number of fused-ring (bicyclic) bond motifs is 1. The van der Waals surface area contributed by atoms with Gasteiger partial charge < -0.3 is 9.64 Å². The molecule has 0 saturated carbocycles. The molecule has 2 fully saturated rings. The third-order valence-electron chi connectivity index (χ3n) is 4.67. The molecule has 0 N–H and O–H groups in total. The lowest BCUT2D eigenvalue weighted by atomic mass is 9.92. The summed E-state index contributed by atoms with van der Waals surface area (Å²) in [5.74, 6) is 1.18. The average Bonchev–Trinajstić information content (AvgIpc) is 2.97. The third kappa shape index (κ3) is 2.72. The molecule has 1 aromatic carbocycles. The average molecular weight is 328 g/mol. The Bertz CT molecular complexity index is 743. The summed E-state index contributed by atoms with van der Waals surface area (Å²) in [4.78, 5) is 18.9. The molecule has 2 aliphatic heterocycles. The van der Waals surface area contributed by atoms with Crippen LogP contribution in [0, 0.1) is 0 Å². The van der Waals surface area contributed by atoms with Gasteiger partial charge in [-0.25, -0.2) is 0 Å². The van der Waals surface area contributed by atoms with Crippen LogP contribution in [0.2, 0.25) is 0 Å². The van der Waals surface area contributed by atoms with Crippen molar-refractivity contribution in [3.05, 3.63) is 42.1 Å². The predicted molar refractivity (Wildman–Crippen MR) is 92.9 cm³/mol. The van der Waals surface area contributed by atoms with Gasteiger partial charge in [0.1, 0.15) is 0 Å². The molecule has 0 bridgehead atoms. The van der Waals surface area contributed by atoms with E-state index in [0.29, 0.717) is 6.10 Å². The molecule has 1 spiro atoms. The van der Waals surface area contributed by atoms with E-state index in [1.54, 1.807) is 6.20 Å². The van der Waals surface area contributed by atoms with Crippen LogP contribution in [0.1, 0.15) is 23.7 Å². The highest BCUT2D eigenvalue weighted by molar-refractivity contribution is 8.01. The number of ether oxygens (including phenoxy) is 1. The number of benzene rings is 1. The zero-order chi connectivity index (χ0) is 15.9. The SMILES string of the molecule is CCO[C@H]1CSC2(C1)CN(C(=O)c1ccc3ncccc3c1)C2. The highest BCUT2D eigenvalue weighted by Gasteiger charge is 2.50. The van der Waals surface area contributed by atoms with Crippen molar-refractivity contribution >= 4 is 28.6 Å². The summed E-state index contributed by atoms with van der Waals surface area (Å²) in [6, 6.07) is 9.65. The first-order chi connectivity index (χ1) is 11.2. The number of aromatic nitrogens is 1. The van der Waals surface area contributed by atoms with Crippen LogP contribution in [0.5, 0.6) is 0 Å². The van der Waals surface area contributed by atoms with Gasteiger partial charge in [0.15, 0.2) is 0 Å². The number of amides is 1. The topological polar surface area (TPSA) is 42.4 Å². The maximum atomic E-state index is 12.7. The van der Waals surface area contributed by atoms with Crippen molar-refractivity contribution in [2.75, 3.05) is 25.4 Å². The van der Waals surface area contributed by atoms with Gasteiger partial charge in [0.2, 0.25) is 0 Å². The quantitative estimate of drug-likeness (QED) is 0.869. The summed E-state index contributed by atoms with van der Waals surface area (Å²) in [5.41, 5.74) is 1.68. The molecule has 2 aromatic rings. The first-order valence-corrected chi connectivity index (χ1v) is 9.07. The first-order valence-electron chi connectivity index (χ1n) is 8.09. The Morgan fingerprint density at radius 2 is 2.30 bits per heavy atom. The Hall–Kier alpha value is -1.59. The predicted octanol–water partition coefficient (Wildman–Crippen LogP) is 2.97. The molecule has 2 aliphatic rings. The maximum absolute atomic E-state index is 12.7. The second-order valence-electron chi connectivity index (χ2n) is 6.35. The second kappa shape index (κ2) is 5.80. The van der Waals surface area contributed by atoms with Gasteiger partial charge >= 0.3 is 0 Å². The van der Waals surface area contributed by atoms with Crippen LogP contribution in [0.15, 0.2) is 36.5 Å². The molecule has 2 saturated heterocycles. The number of rotatable bonds is 3. The number of carbonyl (C=O) groups is 1. The summed E-state index contributed by atoms with van der Waals surface area (Å²) >= 11 is 1.97. The number of carbonyl (C=O) groups excluding carboxylic acids is 1. The molecule has 4 nitrogen and oxygen atoms in total. The zero-order valence-electron chi connectivity index (χ0n) is 13.2. The fourth-order valence-electron chi connectivity index (χ4n) is 3.55. The van der Waals surface area contributed by atoms with Gasteiger partial charge in [-0.15, -0.1) is 11.8 Å². The monoisotopic (exact) mass is 328 g/mol. The second-order valence-corrected chi connectivity index (χ2v) is 7.84. The number of likely N-dealkylation sites (tertiary alicyclic amines) is 1. The lowest BCUT2D eigenvalue weighted by Gasteiger charge is -2.47. The van der Waals surface area contributed by atoms with Gasteiger partial charge in [-0.1, -0.05) is 6.07 Å². The van der Waals surface area contributed by atoms with Gasteiger partial charge in [-0.2, -0.15) is 0 Å². The van der Waals surface area contributed by atoms with E-state index in [0.717, 1.165) is 48.3 Å². The number of thioether (sulfide) groups is 1. The normalized spacial score (nSPS) is 22.5. The van der Waals surface area contributed by atoms with Crippen molar-refractivity contribution < 1.29 is 9.53 Å². The lowest BCUT2D eigenvalue weighted by Crippen LogP contribution is -2.60. The van der Waals surface area contributed by atoms with Crippen molar-refractivity contribution in [1.29, 1.82) is 0 Å². The summed E-state index contributed by atoms with van der Waals surface area (Å²) < 4.78 is 5.96. The molecule has 1 aromatic heterocycles. The van der Waals surface area contributed by atoms with Crippen LogP contribution in [-0.2, 0) is 4.74 Å². The standard InChI is InChI=1S/C18H20N2O2S/c1-2-22-15-9-18(23-10-15)11-20(12-18)17(21)14-5-6-16-13(8-14)4-3-7-19-16/h3-8,15H,2,9-12H2,1H3/t15-/m1/s1. The molecule has 1 amide bonds. The molecule has 0 unspecified atom stereocenters. The number of hydrogen-bond acceptors (Lipinski definition) is 4. The van der Waals surface area contributed by atoms with Crippen molar-refractivity contribution in [1.82, 2.24) is 9.88 Å². The van der Waals surface area contributed by atoms with E-state index in [9.17, 15) is 4.79 Å².